The van der Waals surface area contributed by atoms with E-state index in [4.69, 9.17) is 5.26 Å². The van der Waals surface area contributed by atoms with Crippen molar-refractivity contribution < 1.29 is 5.11 Å². The molecule has 62 valence electrons. The van der Waals surface area contributed by atoms with Gasteiger partial charge in [-0.15, -0.1) is 0 Å². The largest absolute Gasteiger partial charge is 0.387 e. The fourth-order valence-corrected chi connectivity index (χ4v) is 1.15. The van der Waals surface area contributed by atoms with Crippen LogP contribution in [0.15, 0.2) is 28.7 Å². The third-order valence-corrected chi connectivity index (χ3v) is 2.07. The Morgan fingerprint density at radius 2 is 2.00 bits per heavy atom. The van der Waals surface area contributed by atoms with Crippen molar-refractivity contribution in [1.82, 2.24) is 0 Å². The molecule has 1 aromatic rings. The van der Waals surface area contributed by atoms with Crippen LogP contribution in [0.3, 0.4) is 0 Å². The quantitative estimate of drug-likeness (QED) is 0.841. The summed E-state index contributed by atoms with van der Waals surface area (Å²) in [5, 5.41) is 17.7. The summed E-state index contributed by atoms with van der Waals surface area (Å²) in [6.45, 7) is 0. The second-order valence-corrected chi connectivity index (χ2v) is 3.35. The van der Waals surface area contributed by atoms with Gasteiger partial charge < -0.3 is 5.11 Å². The molecule has 0 heterocycles. The summed E-state index contributed by atoms with van der Waals surface area (Å²) in [5.74, 6) is 0. The number of nitriles is 1. The number of benzene rings is 1. The molecule has 0 aromatic heterocycles. The highest BCUT2D eigenvalue weighted by atomic mass is 79.9. The van der Waals surface area contributed by atoms with E-state index in [1.165, 1.54) is 0 Å². The first kappa shape index (κ1) is 9.24. The lowest BCUT2D eigenvalue weighted by Gasteiger charge is -2.05. The Morgan fingerprint density at radius 3 is 2.50 bits per heavy atom. The van der Waals surface area contributed by atoms with E-state index in [2.05, 4.69) is 15.9 Å². The highest BCUT2D eigenvalue weighted by molar-refractivity contribution is 9.10. The van der Waals surface area contributed by atoms with Crippen molar-refractivity contribution in [2.24, 2.45) is 0 Å². The fourth-order valence-electron chi connectivity index (χ4n) is 0.889. The van der Waals surface area contributed by atoms with E-state index in [1.54, 1.807) is 12.1 Å². The molecule has 12 heavy (non-hydrogen) atoms. The number of halogens is 1. The molecule has 0 aliphatic rings. The van der Waals surface area contributed by atoms with E-state index < -0.39 is 6.10 Å². The van der Waals surface area contributed by atoms with Crippen molar-refractivity contribution in [3.63, 3.8) is 0 Å². The molecule has 2 nitrogen and oxygen atoms in total. The fraction of sp³-hybridized carbons (Fsp3) is 0.222. The first-order valence-electron chi connectivity index (χ1n) is 3.54. The van der Waals surface area contributed by atoms with Crippen molar-refractivity contribution in [1.29, 1.82) is 5.26 Å². The van der Waals surface area contributed by atoms with Gasteiger partial charge in [0.2, 0.25) is 0 Å². The Labute approximate surface area is 79.6 Å². The number of aliphatic hydroxyl groups is 1. The Bertz CT molecular complexity index is 288. The summed E-state index contributed by atoms with van der Waals surface area (Å²) in [6.07, 6.45) is -0.523. The number of hydrogen-bond donors (Lipinski definition) is 1. The van der Waals surface area contributed by atoms with Crippen molar-refractivity contribution in [2.75, 3.05) is 0 Å². The van der Waals surface area contributed by atoms with E-state index in [0.29, 0.717) is 0 Å². The smallest absolute Gasteiger partial charge is 0.0919 e. The summed E-state index contributed by atoms with van der Waals surface area (Å²) in [4.78, 5) is 0. The minimum atomic E-state index is -0.664. The molecule has 1 rings (SSSR count). The zero-order valence-corrected chi connectivity index (χ0v) is 7.95. The second-order valence-electron chi connectivity index (χ2n) is 2.43. The minimum absolute atomic E-state index is 0.141. The zero-order chi connectivity index (χ0) is 8.97. The molecule has 3 heteroatoms. The zero-order valence-electron chi connectivity index (χ0n) is 6.37. The molecule has 0 aliphatic carbocycles. The predicted molar refractivity (Wildman–Crippen MR) is 49.3 cm³/mol. The molecule has 1 atom stereocenters. The summed E-state index contributed by atoms with van der Waals surface area (Å²) in [5.41, 5.74) is 0.778. The third-order valence-electron chi connectivity index (χ3n) is 1.54. The maximum Gasteiger partial charge on any atom is 0.0919 e. The molecule has 1 aromatic carbocycles. The molecular weight excluding hydrogens is 218 g/mol. The monoisotopic (exact) mass is 225 g/mol. The first-order chi connectivity index (χ1) is 5.74. The molecular formula is C9H8BrNO. The first-order valence-corrected chi connectivity index (χ1v) is 4.34. The Kier molecular flexibility index (Phi) is 3.27. The highest BCUT2D eigenvalue weighted by Gasteiger charge is 2.05. The van der Waals surface area contributed by atoms with Gasteiger partial charge in [-0.2, -0.15) is 5.26 Å². The molecule has 0 bridgehead atoms. The molecule has 0 fully saturated rings. The van der Waals surface area contributed by atoms with Crippen LogP contribution in [0.4, 0.5) is 0 Å². The van der Waals surface area contributed by atoms with Crippen LogP contribution >= 0.6 is 15.9 Å². The number of rotatable bonds is 2. The van der Waals surface area contributed by atoms with Gasteiger partial charge in [-0.3, -0.25) is 0 Å². The van der Waals surface area contributed by atoms with Crippen LogP contribution in [0.2, 0.25) is 0 Å². The Morgan fingerprint density at radius 1 is 1.42 bits per heavy atom. The van der Waals surface area contributed by atoms with Crippen molar-refractivity contribution in [2.45, 2.75) is 12.5 Å². The summed E-state index contributed by atoms with van der Waals surface area (Å²) < 4.78 is 0.968. The summed E-state index contributed by atoms with van der Waals surface area (Å²) in [6, 6.07) is 9.20. The van der Waals surface area contributed by atoms with Gasteiger partial charge in [-0.05, 0) is 17.7 Å². The van der Waals surface area contributed by atoms with Crippen molar-refractivity contribution in [3.05, 3.63) is 34.3 Å². The van der Waals surface area contributed by atoms with Crippen molar-refractivity contribution in [3.8, 4) is 6.07 Å². The molecule has 0 saturated heterocycles. The third kappa shape index (κ3) is 2.33. The highest BCUT2D eigenvalue weighted by Crippen LogP contribution is 2.18. The second kappa shape index (κ2) is 4.24. The van der Waals surface area contributed by atoms with Gasteiger partial charge in [-0.25, -0.2) is 0 Å². The standard InChI is InChI=1S/C9H8BrNO/c10-8-3-1-7(2-4-8)9(12)5-6-11/h1-4,9,12H,5H2/t9-/m1/s1. The van der Waals surface area contributed by atoms with Crippen LogP contribution in [-0.2, 0) is 0 Å². The van der Waals surface area contributed by atoms with Gasteiger partial charge in [0.15, 0.2) is 0 Å². The van der Waals surface area contributed by atoms with E-state index in [9.17, 15) is 5.11 Å². The van der Waals surface area contributed by atoms with Crippen LogP contribution in [0.1, 0.15) is 18.1 Å². The minimum Gasteiger partial charge on any atom is -0.387 e. The molecule has 1 N–H and O–H groups in total. The van der Waals surface area contributed by atoms with Crippen molar-refractivity contribution >= 4 is 15.9 Å². The van der Waals surface area contributed by atoms with Crippen LogP contribution in [-0.4, -0.2) is 5.11 Å². The lowest BCUT2D eigenvalue weighted by Crippen LogP contribution is -1.94. The Balaban J connectivity index is 2.76. The summed E-state index contributed by atoms with van der Waals surface area (Å²) in [7, 11) is 0. The summed E-state index contributed by atoms with van der Waals surface area (Å²) >= 11 is 3.29. The molecule has 0 spiro atoms. The molecule has 0 saturated carbocycles. The van der Waals surface area contributed by atoms with E-state index in [-0.39, 0.29) is 6.42 Å². The molecule has 0 aliphatic heterocycles. The molecule has 0 amide bonds. The van der Waals surface area contributed by atoms with E-state index in [1.807, 2.05) is 18.2 Å². The van der Waals surface area contributed by atoms with Crippen LogP contribution < -0.4 is 0 Å². The normalized spacial score (nSPS) is 12.1. The molecule has 0 radical (unpaired) electrons. The van der Waals surface area contributed by atoms with Crippen LogP contribution in [0.25, 0.3) is 0 Å². The lowest BCUT2D eigenvalue weighted by atomic mass is 10.1. The van der Waals surface area contributed by atoms with Gasteiger partial charge in [0, 0.05) is 4.47 Å². The van der Waals surface area contributed by atoms with Gasteiger partial charge in [0.1, 0.15) is 0 Å². The van der Waals surface area contributed by atoms with Gasteiger partial charge in [0.25, 0.3) is 0 Å². The molecule has 0 unspecified atom stereocenters. The Hall–Kier alpha value is -0.850. The van der Waals surface area contributed by atoms with Crippen LogP contribution in [0, 0.1) is 11.3 Å². The number of aliphatic hydroxyl groups excluding tert-OH is 1. The SMILES string of the molecule is N#CC[C@@H](O)c1ccc(Br)cc1. The van der Waals surface area contributed by atoms with Gasteiger partial charge >= 0.3 is 0 Å². The number of nitrogens with zero attached hydrogens (tertiary/aromatic N) is 1. The average molecular weight is 226 g/mol. The van der Waals surface area contributed by atoms with Gasteiger partial charge in [-0.1, -0.05) is 28.1 Å². The maximum atomic E-state index is 9.37. The van der Waals surface area contributed by atoms with E-state index >= 15 is 0 Å². The van der Waals surface area contributed by atoms with Crippen LogP contribution in [0.5, 0.6) is 0 Å². The number of hydrogen-bond acceptors (Lipinski definition) is 2. The van der Waals surface area contributed by atoms with E-state index in [0.717, 1.165) is 10.0 Å². The average Bonchev–Trinajstić information content (AvgIpc) is 2.06. The maximum absolute atomic E-state index is 9.37. The van der Waals surface area contributed by atoms with Gasteiger partial charge in [0.05, 0.1) is 18.6 Å². The predicted octanol–water partition coefficient (Wildman–Crippen LogP) is 2.40. The topological polar surface area (TPSA) is 44.0 Å². The lowest BCUT2D eigenvalue weighted by molar-refractivity contribution is 0.183.